The minimum Gasteiger partial charge on any atom is -0.494 e. The molecule has 0 atom stereocenters. The van der Waals surface area contributed by atoms with Gasteiger partial charge in [0.2, 0.25) is 0 Å². The van der Waals surface area contributed by atoms with E-state index in [1.807, 2.05) is 0 Å². The SMILES string of the molecule is CC(C)(C)CCCN1CCC(CCOc2ccc(CCC(C)(C)C)cc2)CC1. The summed E-state index contributed by atoms with van der Waals surface area (Å²) in [5.74, 6) is 1.86. The highest BCUT2D eigenvalue weighted by Crippen LogP contribution is 2.25. The van der Waals surface area contributed by atoms with E-state index in [0.29, 0.717) is 10.8 Å². The normalized spacial score (nSPS) is 17.1. The van der Waals surface area contributed by atoms with Crippen molar-refractivity contribution in [1.29, 1.82) is 0 Å². The Morgan fingerprint density at radius 2 is 1.50 bits per heavy atom. The Morgan fingerprint density at radius 1 is 0.893 bits per heavy atom. The fraction of sp³-hybridized carbons (Fsp3) is 0.769. The molecule has 1 aliphatic heterocycles. The van der Waals surface area contributed by atoms with E-state index in [-0.39, 0.29) is 0 Å². The van der Waals surface area contributed by atoms with Gasteiger partial charge in [0.15, 0.2) is 0 Å². The van der Waals surface area contributed by atoms with Crippen molar-refractivity contribution in [2.24, 2.45) is 16.7 Å². The first-order valence-electron chi connectivity index (χ1n) is 11.5. The molecule has 1 aromatic rings. The number of likely N-dealkylation sites (tertiary alicyclic amines) is 1. The topological polar surface area (TPSA) is 12.5 Å². The average molecular weight is 388 g/mol. The maximum absolute atomic E-state index is 6.02. The maximum Gasteiger partial charge on any atom is 0.119 e. The molecular formula is C26H45NO. The van der Waals surface area contributed by atoms with Crippen molar-refractivity contribution < 1.29 is 4.74 Å². The van der Waals surface area contributed by atoms with Gasteiger partial charge >= 0.3 is 0 Å². The zero-order chi connectivity index (χ0) is 20.6. The van der Waals surface area contributed by atoms with Crippen LogP contribution in [0, 0.1) is 16.7 Å². The van der Waals surface area contributed by atoms with Crippen molar-refractivity contribution in [3.63, 3.8) is 0 Å². The minimum absolute atomic E-state index is 0.400. The molecular weight excluding hydrogens is 342 g/mol. The highest BCUT2D eigenvalue weighted by atomic mass is 16.5. The highest BCUT2D eigenvalue weighted by Gasteiger charge is 2.19. The molecule has 0 spiro atoms. The van der Waals surface area contributed by atoms with E-state index in [4.69, 9.17) is 4.74 Å². The number of ether oxygens (including phenoxy) is 1. The molecule has 1 aromatic carbocycles. The third kappa shape index (κ3) is 9.96. The van der Waals surface area contributed by atoms with Gasteiger partial charge in [-0.3, -0.25) is 0 Å². The fourth-order valence-corrected chi connectivity index (χ4v) is 3.95. The highest BCUT2D eigenvalue weighted by molar-refractivity contribution is 5.27. The van der Waals surface area contributed by atoms with E-state index in [9.17, 15) is 0 Å². The summed E-state index contributed by atoms with van der Waals surface area (Å²) in [6, 6.07) is 8.76. The van der Waals surface area contributed by atoms with Crippen LogP contribution in [0.4, 0.5) is 0 Å². The molecule has 1 aliphatic rings. The molecule has 0 N–H and O–H groups in total. The summed E-state index contributed by atoms with van der Waals surface area (Å²) in [7, 11) is 0. The van der Waals surface area contributed by atoms with E-state index in [2.05, 4.69) is 70.7 Å². The molecule has 28 heavy (non-hydrogen) atoms. The van der Waals surface area contributed by atoms with Crippen LogP contribution in [0.15, 0.2) is 24.3 Å². The third-order valence-electron chi connectivity index (χ3n) is 5.99. The first-order valence-corrected chi connectivity index (χ1v) is 11.5. The molecule has 0 aromatic heterocycles. The second kappa shape index (κ2) is 10.7. The van der Waals surface area contributed by atoms with Gasteiger partial charge in [-0.05, 0) is 99.0 Å². The fourth-order valence-electron chi connectivity index (χ4n) is 3.95. The molecule has 0 unspecified atom stereocenters. The first kappa shape index (κ1) is 23.3. The van der Waals surface area contributed by atoms with Gasteiger partial charge in [0, 0.05) is 0 Å². The molecule has 0 aliphatic carbocycles. The predicted octanol–water partition coefficient (Wildman–Crippen LogP) is 6.97. The zero-order valence-electron chi connectivity index (χ0n) is 19.5. The van der Waals surface area contributed by atoms with Crippen LogP contribution in [0.1, 0.15) is 85.6 Å². The Balaban J connectivity index is 1.59. The van der Waals surface area contributed by atoms with Crippen LogP contribution in [0.3, 0.4) is 0 Å². The lowest BCUT2D eigenvalue weighted by molar-refractivity contribution is 0.156. The number of rotatable bonds is 9. The summed E-state index contributed by atoms with van der Waals surface area (Å²) in [6.45, 7) is 18.6. The number of hydrogen-bond acceptors (Lipinski definition) is 2. The minimum atomic E-state index is 0.400. The largest absolute Gasteiger partial charge is 0.494 e. The molecule has 2 nitrogen and oxygen atoms in total. The van der Waals surface area contributed by atoms with E-state index in [1.54, 1.807) is 0 Å². The Kier molecular flexibility index (Phi) is 8.86. The second-order valence-corrected chi connectivity index (χ2v) is 11.3. The van der Waals surface area contributed by atoms with Crippen molar-refractivity contribution in [3.05, 3.63) is 29.8 Å². The van der Waals surface area contributed by atoms with Crippen molar-refractivity contribution in [2.75, 3.05) is 26.2 Å². The van der Waals surface area contributed by atoms with Crippen LogP contribution in [0.2, 0.25) is 0 Å². The van der Waals surface area contributed by atoms with E-state index < -0.39 is 0 Å². The molecule has 0 bridgehead atoms. The monoisotopic (exact) mass is 387 g/mol. The lowest BCUT2D eigenvalue weighted by Gasteiger charge is -2.32. The van der Waals surface area contributed by atoms with Crippen molar-refractivity contribution in [3.8, 4) is 5.75 Å². The molecule has 2 rings (SSSR count). The van der Waals surface area contributed by atoms with Crippen LogP contribution < -0.4 is 4.74 Å². The van der Waals surface area contributed by atoms with E-state index in [0.717, 1.165) is 24.7 Å². The Hall–Kier alpha value is -1.02. The Bertz CT molecular complexity index is 541. The third-order valence-corrected chi connectivity index (χ3v) is 5.99. The van der Waals surface area contributed by atoms with Crippen LogP contribution in [-0.4, -0.2) is 31.1 Å². The molecule has 1 fully saturated rings. The van der Waals surface area contributed by atoms with Gasteiger partial charge in [-0.15, -0.1) is 0 Å². The number of hydrogen-bond donors (Lipinski definition) is 0. The summed E-state index contributed by atoms with van der Waals surface area (Å²) >= 11 is 0. The van der Waals surface area contributed by atoms with E-state index >= 15 is 0 Å². The number of aryl methyl sites for hydroxylation is 1. The van der Waals surface area contributed by atoms with E-state index in [1.165, 1.54) is 63.7 Å². The summed E-state index contributed by atoms with van der Waals surface area (Å²) in [4.78, 5) is 2.67. The maximum atomic E-state index is 6.02. The van der Waals surface area contributed by atoms with Crippen molar-refractivity contribution in [2.45, 2.75) is 86.5 Å². The Morgan fingerprint density at radius 3 is 2.07 bits per heavy atom. The summed E-state index contributed by atoms with van der Waals surface area (Å²) < 4.78 is 6.02. The summed E-state index contributed by atoms with van der Waals surface area (Å²) in [5, 5.41) is 0. The average Bonchev–Trinajstić information content (AvgIpc) is 2.61. The van der Waals surface area contributed by atoms with Gasteiger partial charge in [0.05, 0.1) is 6.61 Å². The van der Waals surface area contributed by atoms with Gasteiger partial charge in [0.1, 0.15) is 5.75 Å². The second-order valence-electron chi connectivity index (χ2n) is 11.3. The lowest BCUT2D eigenvalue weighted by atomic mass is 9.89. The van der Waals surface area contributed by atoms with Crippen LogP contribution in [-0.2, 0) is 6.42 Å². The lowest BCUT2D eigenvalue weighted by Crippen LogP contribution is -2.35. The molecule has 1 saturated heterocycles. The van der Waals surface area contributed by atoms with Gasteiger partial charge < -0.3 is 9.64 Å². The smallest absolute Gasteiger partial charge is 0.119 e. The van der Waals surface area contributed by atoms with Gasteiger partial charge in [-0.25, -0.2) is 0 Å². The quantitative estimate of drug-likeness (QED) is 0.453. The number of nitrogens with zero attached hydrogens (tertiary/aromatic N) is 1. The molecule has 160 valence electrons. The Labute approximate surface area is 175 Å². The predicted molar refractivity (Wildman–Crippen MR) is 122 cm³/mol. The summed E-state index contributed by atoms with van der Waals surface area (Å²) in [6.07, 6.45) is 8.91. The summed E-state index contributed by atoms with van der Waals surface area (Å²) in [5.41, 5.74) is 2.29. The molecule has 1 heterocycles. The van der Waals surface area contributed by atoms with Crippen LogP contribution in [0.5, 0.6) is 5.75 Å². The zero-order valence-corrected chi connectivity index (χ0v) is 19.5. The van der Waals surface area contributed by atoms with Crippen LogP contribution >= 0.6 is 0 Å². The number of benzene rings is 1. The molecule has 0 amide bonds. The molecule has 0 saturated carbocycles. The van der Waals surface area contributed by atoms with Crippen molar-refractivity contribution in [1.82, 2.24) is 4.90 Å². The van der Waals surface area contributed by atoms with Gasteiger partial charge in [0.25, 0.3) is 0 Å². The molecule has 0 radical (unpaired) electrons. The van der Waals surface area contributed by atoms with Crippen molar-refractivity contribution >= 4 is 0 Å². The standard InChI is InChI=1S/C26H45NO/c1-25(2,3)16-7-18-27-19-13-23(14-20-27)15-21-28-24-10-8-22(9-11-24)12-17-26(4,5)6/h8-11,23H,7,12-21H2,1-6H3. The first-order chi connectivity index (χ1) is 13.1. The number of piperidine rings is 1. The van der Waals surface area contributed by atoms with Gasteiger partial charge in [-0.1, -0.05) is 53.7 Å². The van der Waals surface area contributed by atoms with Crippen LogP contribution in [0.25, 0.3) is 0 Å². The van der Waals surface area contributed by atoms with Gasteiger partial charge in [-0.2, -0.15) is 0 Å². The molecule has 2 heteroatoms.